The number of hydrogen-bond acceptors (Lipinski definition) is 2. The van der Waals surface area contributed by atoms with Crippen LogP contribution in [0.5, 0.6) is 5.75 Å². The lowest BCUT2D eigenvalue weighted by Crippen LogP contribution is -2.19. The maximum Gasteiger partial charge on any atom is 0.248 e. The molecule has 0 saturated heterocycles. The summed E-state index contributed by atoms with van der Waals surface area (Å²) in [6.45, 7) is 0. The van der Waals surface area contributed by atoms with E-state index in [4.69, 9.17) is 4.74 Å². The minimum absolute atomic E-state index is 0. The average Bonchev–Trinajstić information content (AvgIpc) is 2.42. The lowest BCUT2D eigenvalue weighted by atomic mass is 10.0. The zero-order valence-electron chi connectivity index (χ0n) is 6.84. The Hall–Kier alpha value is -1.16. The van der Waals surface area contributed by atoms with E-state index in [9.17, 15) is 8.78 Å². The van der Waals surface area contributed by atoms with Crippen LogP contribution in [0, 0.1) is 0 Å². The molecule has 0 fully saturated rings. The number of benzene rings is 1. The third-order valence-electron chi connectivity index (χ3n) is 2.56. The van der Waals surface area contributed by atoms with Crippen LogP contribution < -0.4 is 10.9 Å². The quantitative estimate of drug-likeness (QED) is 0.675. The van der Waals surface area contributed by atoms with Crippen molar-refractivity contribution in [2.24, 2.45) is 0 Å². The van der Waals surface area contributed by atoms with Gasteiger partial charge in [-0.1, -0.05) is 18.2 Å². The van der Waals surface area contributed by atoms with Crippen LogP contribution in [0.3, 0.4) is 0 Å². The molecule has 4 bridgehead atoms. The molecule has 4 heteroatoms. The molecule has 1 aromatic carbocycles. The highest BCUT2D eigenvalue weighted by Gasteiger charge is 2.49. The molecule has 3 rings (SSSR count). The molecule has 0 spiro atoms. The van der Waals surface area contributed by atoms with Crippen LogP contribution in [0.2, 0.25) is 0 Å². The summed E-state index contributed by atoms with van der Waals surface area (Å²) < 4.78 is 31.1. The molecule has 1 aliphatic heterocycles. The van der Waals surface area contributed by atoms with E-state index in [2.05, 4.69) is 0 Å². The van der Waals surface area contributed by atoms with Gasteiger partial charge in [0.25, 0.3) is 0 Å². The summed E-state index contributed by atoms with van der Waals surface area (Å²) in [7, 11) is 0. The molecule has 70 valence electrons. The van der Waals surface area contributed by atoms with Crippen molar-refractivity contribution in [3.63, 3.8) is 0 Å². The summed E-state index contributed by atoms with van der Waals surface area (Å²) in [5.74, 6) is -0.271. The molecule has 0 aromatic heterocycles. The highest BCUT2D eigenvalue weighted by atomic mass is 19.2. The van der Waals surface area contributed by atoms with Gasteiger partial charge in [0.2, 0.25) is 6.36 Å². The maximum atomic E-state index is 13.4. The molecule has 3 unspecified atom stereocenters. The van der Waals surface area contributed by atoms with Crippen molar-refractivity contribution < 1.29 is 13.5 Å². The fourth-order valence-electron chi connectivity index (χ4n) is 2.00. The molecule has 0 saturated carbocycles. The van der Waals surface area contributed by atoms with Crippen molar-refractivity contribution in [1.82, 2.24) is 6.15 Å². The summed E-state index contributed by atoms with van der Waals surface area (Å²) in [6.07, 6.45) is -2.68. The molecule has 2 aliphatic rings. The second-order valence-electron chi connectivity index (χ2n) is 3.16. The molecule has 13 heavy (non-hydrogen) atoms. The van der Waals surface area contributed by atoms with E-state index in [-0.39, 0.29) is 6.15 Å². The van der Waals surface area contributed by atoms with Gasteiger partial charge in [-0.3, -0.25) is 0 Å². The van der Waals surface area contributed by atoms with Crippen LogP contribution in [0.15, 0.2) is 18.2 Å². The Morgan fingerprint density at radius 3 is 2.54 bits per heavy atom. The van der Waals surface area contributed by atoms with Crippen molar-refractivity contribution in [3.05, 3.63) is 29.3 Å². The van der Waals surface area contributed by atoms with Gasteiger partial charge in [-0.2, -0.15) is 0 Å². The van der Waals surface area contributed by atoms with Crippen LogP contribution in [-0.2, 0) is 0 Å². The largest absolute Gasteiger partial charge is 0.459 e. The monoisotopic (exact) mass is 185 g/mol. The fourth-order valence-corrected chi connectivity index (χ4v) is 2.00. The minimum atomic E-state index is -1.48. The second kappa shape index (κ2) is 2.42. The van der Waals surface area contributed by atoms with Gasteiger partial charge < -0.3 is 10.9 Å². The van der Waals surface area contributed by atoms with Crippen molar-refractivity contribution in [3.8, 4) is 5.75 Å². The summed E-state index contributed by atoms with van der Waals surface area (Å²) in [5, 5.41) is 0. The van der Waals surface area contributed by atoms with Crippen LogP contribution in [-0.4, -0.2) is 6.36 Å². The molecule has 3 atom stereocenters. The van der Waals surface area contributed by atoms with Crippen LogP contribution in [0.4, 0.5) is 8.78 Å². The molecule has 1 heterocycles. The lowest BCUT2D eigenvalue weighted by molar-refractivity contribution is 0.0220. The van der Waals surface area contributed by atoms with Gasteiger partial charge in [-0.25, -0.2) is 8.78 Å². The summed E-state index contributed by atoms with van der Waals surface area (Å²) in [4.78, 5) is 0. The minimum Gasteiger partial charge on any atom is -0.459 e. The molecule has 0 amide bonds. The lowest BCUT2D eigenvalue weighted by Gasteiger charge is -2.18. The van der Waals surface area contributed by atoms with Gasteiger partial charge in [0.15, 0.2) is 0 Å². The number of para-hydroxylation sites is 1. The Labute approximate surface area is 74.1 Å². The Kier molecular flexibility index (Phi) is 1.57. The predicted octanol–water partition coefficient (Wildman–Crippen LogP) is 2.64. The highest BCUT2D eigenvalue weighted by Crippen LogP contribution is 2.57. The predicted molar refractivity (Wildman–Crippen MR) is 43.6 cm³/mol. The van der Waals surface area contributed by atoms with E-state index < -0.39 is 18.4 Å². The van der Waals surface area contributed by atoms with E-state index >= 15 is 0 Å². The van der Waals surface area contributed by atoms with E-state index in [0.29, 0.717) is 16.9 Å². The molecule has 1 aromatic rings. The normalized spacial score (nSPS) is 32.6. The maximum absolute atomic E-state index is 13.4. The Morgan fingerprint density at radius 2 is 1.85 bits per heavy atom. The molecule has 3 N–H and O–H groups in total. The number of hydrogen-bond donors (Lipinski definition) is 1. The molecular weight excluding hydrogens is 176 g/mol. The van der Waals surface area contributed by atoms with Crippen LogP contribution in [0.25, 0.3) is 0 Å². The third kappa shape index (κ3) is 0.785. The smallest absolute Gasteiger partial charge is 0.248 e. The average molecular weight is 185 g/mol. The van der Waals surface area contributed by atoms with E-state index in [0.717, 1.165) is 0 Å². The number of ether oxygens (including phenoxy) is 1. The van der Waals surface area contributed by atoms with Crippen LogP contribution >= 0.6 is 0 Å². The Morgan fingerprint density at radius 1 is 1.15 bits per heavy atom. The topological polar surface area (TPSA) is 44.2 Å². The van der Waals surface area contributed by atoms with Gasteiger partial charge in [0, 0.05) is 11.1 Å². The van der Waals surface area contributed by atoms with Crippen molar-refractivity contribution in [1.29, 1.82) is 0 Å². The SMILES string of the molecule is FC1Oc2c3cccc2C1C3F.N. The van der Waals surface area contributed by atoms with Gasteiger partial charge in [-0.15, -0.1) is 0 Å². The molecule has 1 aliphatic carbocycles. The Bertz CT molecular complexity index is 355. The third-order valence-corrected chi connectivity index (χ3v) is 2.56. The van der Waals surface area contributed by atoms with E-state index in [1.165, 1.54) is 0 Å². The number of rotatable bonds is 0. The van der Waals surface area contributed by atoms with Gasteiger partial charge >= 0.3 is 0 Å². The van der Waals surface area contributed by atoms with Crippen molar-refractivity contribution >= 4 is 0 Å². The zero-order valence-corrected chi connectivity index (χ0v) is 6.84. The summed E-state index contributed by atoms with van der Waals surface area (Å²) in [5.41, 5.74) is 1.19. The first-order chi connectivity index (χ1) is 5.79. The van der Waals surface area contributed by atoms with Crippen molar-refractivity contribution in [2.45, 2.75) is 18.4 Å². The standard InChI is InChI=1S/C9H6F2O.H3N/c10-7-5-3-1-2-4-6(7)9(11)12-8(4)5;/h1-3,6-7,9H;1H3. The number of halogens is 2. The molecular formula is C9H9F2NO. The van der Waals surface area contributed by atoms with Crippen molar-refractivity contribution in [2.75, 3.05) is 0 Å². The van der Waals surface area contributed by atoms with E-state index in [1.54, 1.807) is 18.2 Å². The summed E-state index contributed by atoms with van der Waals surface area (Å²) >= 11 is 0. The first-order valence-electron chi connectivity index (χ1n) is 3.86. The zero-order chi connectivity index (χ0) is 8.29. The molecule has 2 nitrogen and oxygen atoms in total. The second-order valence-corrected chi connectivity index (χ2v) is 3.16. The van der Waals surface area contributed by atoms with Crippen LogP contribution in [0.1, 0.15) is 23.2 Å². The van der Waals surface area contributed by atoms with Gasteiger partial charge in [0.05, 0.1) is 5.92 Å². The first kappa shape index (κ1) is 8.44. The van der Waals surface area contributed by atoms with E-state index in [1.807, 2.05) is 0 Å². The Balaban J connectivity index is 0.000000653. The molecule has 0 radical (unpaired) electrons. The van der Waals surface area contributed by atoms with Gasteiger partial charge in [0.1, 0.15) is 11.9 Å². The summed E-state index contributed by atoms with van der Waals surface area (Å²) in [6, 6.07) is 5.11. The highest BCUT2D eigenvalue weighted by molar-refractivity contribution is 5.55. The number of alkyl halides is 2. The first-order valence-corrected chi connectivity index (χ1v) is 3.86. The van der Waals surface area contributed by atoms with Gasteiger partial charge in [-0.05, 0) is 0 Å². The fraction of sp³-hybridized carbons (Fsp3) is 0.333.